The SMILES string of the molecule is Cc1nc(COc2cc(C)c(N)cc2C)cs1. The summed E-state index contributed by atoms with van der Waals surface area (Å²) in [6.07, 6.45) is 0. The van der Waals surface area contributed by atoms with Crippen molar-refractivity contribution in [3.63, 3.8) is 0 Å². The summed E-state index contributed by atoms with van der Waals surface area (Å²) < 4.78 is 5.76. The minimum absolute atomic E-state index is 0.508. The molecule has 3 nitrogen and oxygen atoms in total. The molecule has 0 radical (unpaired) electrons. The molecule has 0 aliphatic carbocycles. The van der Waals surface area contributed by atoms with Gasteiger partial charge in [0.2, 0.25) is 0 Å². The lowest BCUT2D eigenvalue weighted by Gasteiger charge is -2.10. The fraction of sp³-hybridized carbons (Fsp3) is 0.308. The normalized spacial score (nSPS) is 10.5. The molecule has 1 aromatic heterocycles. The number of benzene rings is 1. The van der Waals surface area contributed by atoms with Crippen LogP contribution in [0.25, 0.3) is 0 Å². The summed E-state index contributed by atoms with van der Waals surface area (Å²) in [5, 5.41) is 3.09. The maximum Gasteiger partial charge on any atom is 0.131 e. The van der Waals surface area contributed by atoms with E-state index in [-0.39, 0.29) is 0 Å². The van der Waals surface area contributed by atoms with Gasteiger partial charge >= 0.3 is 0 Å². The predicted octanol–water partition coefficient (Wildman–Crippen LogP) is 3.23. The van der Waals surface area contributed by atoms with Crippen molar-refractivity contribution < 1.29 is 4.74 Å². The zero-order chi connectivity index (χ0) is 12.4. The molecule has 1 heterocycles. The highest BCUT2D eigenvalue weighted by Gasteiger charge is 2.05. The van der Waals surface area contributed by atoms with E-state index in [0.717, 1.165) is 33.3 Å². The molecular formula is C13H16N2OS. The standard InChI is InChI=1S/C13H16N2OS/c1-8-5-13(9(2)4-12(8)14)16-6-11-7-17-10(3)15-11/h4-5,7H,6,14H2,1-3H3. The van der Waals surface area contributed by atoms with Crippen molar-refractivity contribution in [2.45, 2.75) is 27.4 Å². The molecule has 0 unspecified atom stereocenters. The summed E-state index contributed by atoms with van der Waals surface area (Å²) >= 11 is 1.64. The van der Waals surface area contributed by atoms with Crippen LogP contribution in [0.1, 0.15) is 21.8 Å². The largest absolute Gasteiger partial charge is 0.487 e. The van der Waals surface area contributed by atoms with Crippen LogP contribution in [0.2, 0.25) is 0 Å². The Morgan fingerprint density at radius 2 is 2.00 bits per heavy atom. The fourth-order valence-corrected chi connectivity index (χ4v) is 2.19. The van der Waals surface area contributed by atoms with Gasteiger partial charge in [-0.15, -0.1) is 11.3 Å². The van der Waals surface area contributed by atoms with Crippen LogP contribution >= 0.6 is 11.3 Å². The first-order valence-corrected chi connectivity index (χ1v) is 6.35. The first-order valence-electron chi connectivity index (χ1n) is 5.47. The number of nitrogens with zero attached hydrogens (tertiary/aromatic N) is 1. The van der Waals surface area contributed by atoms with Gasteiger partial charge in [-0.1, -0.05) is 0 Å². The van der Waals surface area contributed by atoms with E-state index in [0.29, 0.717) is 6.61 Å². The summed E-state index contributed by atoms with van der Waals surface area (Å²) in [4.78, 5) is 4.36. The van der Waals surface area contributed by atoms with Crippen molar-refractivity contribution in [2.75, 3.05) is 5.73 Å². The van der Waals surface area contributed by atoms with Crippen LogP contribution in [0.3, 0.4) is 0 Å². The van der Waals surface area contributed by atoms with Gasteiger partial charge in [-0.05, 0) is 44.0 Å². The second-order valence-corrected chi connectivity index (χ2v) is 5.18. The highest BCUT2D eigenvalue weighted by Crippen LogP contribution is 2.25. The van der Waals surface area contributed by atoms with Crippen molar-refractivity contribution in [3.05, 3.63) is 39.3 Å². The molecule has 90 valence electrons. The Labute approximate surface area is 105 Å². The molecule has 2 N–H and O–H groups in total. The monoisotopic (exact) mass is 248 g/mol. The molecule has 0 saturated carbocycles. The zero-order valence-electron chi connectivity index (χ0n) is 10.3. The van der Waals surface area contributed by atoms with E-state index in [1.54, 1.807) is 11.3 Å². The Morgan fingerprint density at radius 1 is 1.24 bits per heavy atom. The molecule has 0 atom stereocenters. The Balaban J connectivity index is 2.11. The van der Waals surface area contributed by atoms with Gasteiger partial charge in [0.15, 0.2) is 0 Å². The molecule has 0 spiro atoms. The smallest absolute Gasteiger partial charge is 0.131 e. The Bertz CT molecular complexity index is 534. The van der Waals surface area contributed by atoms with Crippen molar-refractivity contribution in [3.8, 4) is 5.75 Å². The summed E-state index contributed by atoms with van der Waals surface area (Å²) in [7, 11) is 0. The van der Waals surface area contributed by atoms with E-state index in [1.165, 1.54) is 0 Å². The maximum atomic E-state index is 5.83. The zero-order valence-corrected chi connectivity index (χ0v) is 11.1. The minimum Gasteiger partial charge on any atom is -0.487 e. The molecule has 2 aromatic rings. The Kier molecular flexibility index (Phi) is 3.33. The second kappa shape index (κ2) is 4.75. The number of anilines is 1. The molecule has 4 heteroatoms. The number of thiazole rings is 1. The second-order valence-electron chi connectivity index (χ2n) is 4.12. The van der Waals surface area contributed by atoms with E-state index >= 15 is 0 Å². The van der Waals surface area contributed by atoms with E-state index in [1.807, 2.05) is 38.3 Å². The third-order valence-corrected chi connectivity index (χ3v) is 3.43. The molecule has 0 fully saturated rings. The van der Waals surface area contributed by atoms with Crippen LogP contribution in [0.5, 0.6) is 5.75 Å². The van der Waals surface area contributed by atoms with Gasteiger partial charge in [-0.2, -0.15) is 0 Å². The maximum absolute atomic E-state index is 5.83. The van der Waals surface area contributed by atoms with Crippen molar-refractivity contribution in [1.82, 2.24) is 4.98 Å². The summed E-state index contributed by atoms with van der Waals surface area (Å²) in [5.74, 6) is 0.877. The number of nitrogen functional groups attached to an aromatic ring is 1. The van der Waals surface area contributed by atoms with Gasteiger partial charge in [0, 0.05) is 11.1 Å². The molecule has 0 aliphatic heterocycles. The lowest BCUT2D eigenvalue weighted by molar-refractivity contribution is 0.300. The predicted molar refractivity (Wildman–Crippen MR) is 71.5 cm³/mol. The first kappa shape index (κ1) is 11.9. The Hall–Kier alpha value is -1.55. The van der Waals surface area contributed by atoms with E-state index in [9.17, 15) is 0 Å². The quantitative estimate of drug-likeness (QED) is 0.848. The molecule has 0 aliphatic rings. The average molecular weight is 248 g/mol. The number of aromatic nitrogens is 1. The molecule has 0 amide bonds. The summed E-state index contributed by atoms with van der Waals surface area (Å²) in [5.41, 5.74) is 9.71. The first-order chi connectivity index (χ1) is 8.06. The summed E-state index contributed by atoms with van der Waals surface area (Å²) in [6, 6.07) is 3.92. The lowest BCUT2D eigenvalue weighted by atomic mass is 10.1. The molecule has 1 aromatic carbocycles. The average Bonchev–Trinajstić information content (AvgIpc) is 2.68. The van der Waals surface area contributed by atoms with E-state index in [2.05, 4.69) is 4.98 Å². The molecule has 17 heavy (non-hydrogen) atoms. The summed E-state index contributed by atoms with van der Waals surface area (Å²) in [6.45, 7) is 6.48. The Morgan fingerprint density at radius 3 is 2.65 bits per heavy atom. The van der Waals surface area contributed by atoms with Crippen LogP contribution in [-0.2, 0) is 6.61 Å². The van der Waals surface area contributed by atoms with Gasteiger partial charge in [-0.3, -0.25) is 0 Å². The van der Waals surface area contributed by atoms with E-state index < -0.39 is 0 Å². The third-order valence-electron chi connectivity index (χ3n) is 2.61. The van der Waals surface area contributed by atoms with Crippen molar-refractivity contribution in [2.24, 2.45) is 0 Å². The van der Waals surface area contributed by atoms with Gasteiger partial charge in [0.25, 0.3) is 0 Å². The number of hydrogen-bond acceptors (Lipinski definition) is 4. The van der Waals surface area contributed by atoms with Crippen LogP contribution < -0.4 is 10.5 Å². The van der Waals surface area contributed by atoms with E-state index in [4.69, 9.17) is 10.5 Å². The van der Waals surface area contributed by atoms with Crippen molar-refractivity contribution >= 4 is 17.0 Å². The molecule has 2 rings (SSSR count). The van der Waals surface area contributed by atoms with Gasteiger partial charge in [0.1, 0.15) is 12.4 Å². The highest BCUT2D eigenvalue weighted by atomic mass is 32.1. The number of nitrogens with two attached hydrogens (primary N) is 1. The number of rotatable bonds is 3. The van der Waals surface area contributed by atoms with Crippen molar-refractivity contribution in [1.29, 1.82) is 0 Å². The van der Waals surface area contributed by atoms with Crippen LogP contribution in [0.4, 0.5) is 5.69 Å². The fourth-order valence-electron chi connectivity index (χ4n) is 1.59. The van der Waals surface area contributed by atoms with Crippen LogP contribution in [0.15, 0.2) is 17.5 Å². The minimum atomic E-state index is 0.508. The number of ether oxygens (including phenoxy) is 1. The van der Waals surface area contributed by atoms with Gasteiger partial charge in [0.05, 0.1) is 10.7 Å². The number of aryl methyl sites for hydroxylation is 3. The van der Waals surface area contributed by atoms with Gasteiger partial charge in [-0.25, -0.2) is 4.98 Å². The molecule has 0 bridgehead atoms. The third kappa shape index (κ3) is 2.77. The lowest BCUT2D eigenvalue weighted by Crippen LogP contribution is -1.99. The number of hydrogen-bond donors (Lipinski definition) is 1. The highest BCUT2D eigenvalue weighted by molar-refractivity contribution is 7.09. The topological polar surface area (TPSA) is 48.1 Å². The molecule has 0 saturated heterocycles. The van der Waals surface area contributed by atoms with Gasteiger partial charge < -0.3 is 10.5 Å². The van der Waals surface area contributed by atoms with Crippen LogP contribution in [0, 0.1) is 20.8 Å². The molecular weight excluding hydrogens is 232 g/mol. The van der Waals surface area contributed by atoms with Crippen LogP contribution in [-0.4, -0.2) is 4.98 Å².